The molecule has 0 saturated carbocycles. The number of hydrogen-bond donors (Lipinski definition) is 2. The van der Waals surface area contributed by atoms with Crippen molar-refractivity contribution in [1.82, 2.24) is 5.43 Å². The highest BCUT2D eigenvalue weighted by molar-refractivity contribution is 7.92. The summed E-state index contributed by atoms with van der Waals surface area (Å²) < 4.78 is 30.5. The van der Waals surface area contributed by atoms with E-state index < -0.39 is 21.1 Å². The summed E-state index contributed by atoms with van der Waals surface area (Å²) in [7, 11) is -3.13. The molecule has 0 bridgehead atoms. The monoisotopic (exact) mass is 308 g/mol. The topological polar surface area (TPSA) is 85.3 Å². The number of hydrazine groups is 1. The summed E-state index contributed by atoms with van der Waals surface area (Å²) in [6, 6.07) is 7.27. The zero-order chi connectivity index (χ0) is 15.0. The molecule has 0 spiro atoms. The lowest BCUT2D eigenvalue weighted by molar-refractivity contribution is 0.392. The summed E-state index contributed by atoms with van der Waals surface area (Å²) in [6.45, 7) is 1.97. The standard InChI is InChI=1S/C15H20N2O3S/c1-10-5-4-6-11-9-12(20-15(10)11)14(17-16)13-7-2-3-8-21(13,18)19/h4-6,9,13-14,17H,2-3,7-8,16H2,1H3. The van der Waals surface area contributed by atoms with Gasteiger partial charge in [0.25, 0.3) is 0 Å². The van der Waals surface area contributed by atoms with E-state index in [2.05, 4.69) is 5.43 Å². The van der Waals surface area contributed by atoms with Gasteiger partial charge in [-0.05, 0) is 31.4 Å². The third-order valence-corrected chi connectivity index (χ3v) is 6.53. The molecule has 2 heterocycles. The number of benzene rings is 1. The average Bonchev–Trinajstić information content (AvgIpc) is 2.86. The Morgan fingerprint density at radius 1 is 1.38 bits per heavy atom. The van der Waals surface area contributed by atoms with Crippen LogP contribution in [0.4, 0.5) is 0 Å². The van der Waals surface area contributed by atoms with Crippen LogP contribution in [0.1, 0.15) is 36.6 Å². The number of rotatable bonds is 3. The first kappa shape index (κ1) is 14.6. The molecule has 1 saturated heterocycles. The van der Waals surface area contributed by atoms with Crippen LogP contribution in [-0.2, 0) is 9.84 Å². The predicted molar refractivity (Wildman–Crippen MR) is 82.4 cm³/mol. The molecule has 6 heteroatoms. The van der Waals surface area contributed by atoms with Gasteiger partial charge in [0.2, 0.25) is 0 Å². The highest BCUT2D eigenvalue weighted by Gasteiger charge is 2.37. The summed E-state index contributed by atoms with van der Waals surface area (Å²) >= 11 is 0. The van der Waals surface area contributed by atoms with Crippen LogP contribution in [0.3, 0.4) is 0 Å². The molecule has 0 radical (unpaired) electrons. The molecule has 0 aliphatic carbocycles. The van der Waals surface area contributed by atoms with Crippen molar-refractivity contribution in [2.75, 3.05) is 5.75 Å². The lowest BCUT2D eigenvalue weighted by Crippen LogP contribution is -2.43. The van der Waals surface area contributed by atoms with Crippen molar-refractivity contribution < 1.29 is 12.8 Å². The third kappa shape index (κ3) is 2.59. The van der Waals surface area contributed by atoms with Crippen molar-refractivity contribution in [1.29, 1.82) is 0 Å². The Morgan fingerprint density at radius 2 is 2.19 bits per heavy atom. The van der Waals surface area contributed by atoms with E-state index in [-0.39, 0.29) is 5.75 Å². The molecule has 1 aromatic heterocycles. The van der Waals surface area contributed by atoms with Crippen LogP contribution in [0.5, 0.6) is 0 Å². The fraction of sp³-hybridized carbons (Fsp3) is 0.467. The van der Waals surface area contributed by atoms with Gasteiger partial charge in [-0.15, -0.1) is 0 Å². The van der Waals surface area contributed by atoms with Crippen LogP contribution >= 0.6 is 0 Å². The zero-order valence-electron chi connectivity index (χ0n) is 12.0. The van der Waals surface area contributed by atoms with Gasteiger partial charge in [-0.3, -0.25) is 5.84 Å². The van der Waals surface area contributed by atoms with Crippen molar-refractivity contribution in [3.63, 3.8) is 0 Å². The molecule has 2 unspecified atom stereocenters. The highest BCUT2D eigenvalue weighted by Crippen LogP contribution is 2.33. The Labute approximate surface area is 124 Å². The Bertz CT molecular complexity index is 751. The van der Waals surface area contributed by atoms with Crippen LogP contribution in [0.25, 0.3) is 11.0 Å². The molecule has 1 aliphatic rings. The summed E-state index contributed by atoms with van der Waals surface area (Å²) in [4.78, 5) is 0. The molecule has 1 aromatic carbocycles. The lowest BCUT2D eigenvalue weighted by Gasteiger charge is -2.28. The molecular formula is C15H20N2O3S. The molecule has 5 nitrogen and oxygen atoms in total. The van der Waals surface area contributed by atoms with E-state index in [0.29, 0.717) is 12.2 Å². The minimum atomic E-state index is -3.13. The minimum absolute atomic E-state index is 0.231. The van der Waals surface area contributed by atoms with Gasteiger partial charge in [-0.2, -0.15) is 0 Å². The molecule has 2 atom stereocenters. The molecule has 0 amide bonds. The first-order chi connectivity index (χ1) is 10.0. The van der Waals surface area contributed by atoms with Gasteiger partial charge in [-0.25, -0.2) is 13.8 Å². The van der Waals surface area contributed by atoms with Crippen molar-refractivity contribution in [2.24, 2.45) is 5.84 Å². The SMILES string of the molecule is Cc1cccc2cc(C(NN)C3CCCCS3(=O)=O)oc12. The second kappa shape index (κ2) is 5.44. The van der Waals surface area contributed by atoms with Gasteiger partial charge in [-0.1, -0.05) is 24.6 Å². The molecular weight excluding hydrogens is 288 g/mol. The first-order valence-electron chi connectivity index (χ1n) is 7.19. The van der Waals surface area contributed by atoms with E-state index in [1.165, 1.54) is 0 Å². The quantitative estimate of drug-likeness (QED) is 0.671. The number of aryl methyl sites for hydroxylation is 1. The summed E-state index contributed by atoms with van der Waals surface area (Å²) in [5, 5.41) is 0.454. The number of sulfone groups is 1. The van der Waals surface area contributed by atoms with E-state index in [1.807, 2.05) is 31.2 Å². The van der Waals surface area contributed by atoms with Gasteiger partial charge >= 0.3 is 0 Å². The fourth-order valence-corrected chi connectivity index (χ4v) is 5.17. The predicted octanol–water partition coefficient (Wildman–Crippen LogP) is 2.21. The zero-order valence-corrected chi connectivity index (χ0v) is 12.8. The molecule has 114 valence electrons. The molecule has 1 aliphatic heterocycles. The summed E-state index contributed by atoms with van der Waals surface area (Å²) in [6.07, 6.45) is 2.25. The van der Waals surface area contributed by atoms with Gasteiger partial charge in [0, 0.05) is 5.39 Å². The first-order valence-corrected chi connectivity index (χ1v) is 8.91. The second-order valence-corrected chi connectivity index (χ2v) is 8.03. The smallest absolute Gasteiger partial charge is 0.155 e. The average molecular weight is 308 g/mol. The van der Waals surface area contributed by atoms with Gasteiger partial charge in [0.15, 0.2) is 9.84 Å². The number of furan rings is 1. The lowest BCUT2D eigenvalue weighted by atomic mass is 10.1. The van der Waals surface area contributed by atoms with Crippen LogP contribution in [-0.4, -0.2) is 19.4 Å². The largest absolute Gasteiger partial charge is 0.459 e. The maximum Gasteiger partial charge on any atom is 0.155 e. The highest BCUT2D eigenvalue weighted by atomic mass is 32.2. The van der Waals surface area contributed by atoms with E-state index in [1.54, 1.807) is 0 Å². The van der Waals surface area contributed by atoms with E-state index in [4.69, 9.17) is 10.3 Å². The second-order valence-electron chi connectivity index (χ2n) is 5.69. The number of hydrogen-bond acceptors (Lipinski definition) is 5. The number of para-hydroxylation sites is 1. The van der Waals surface area contributed by atoms with Crippen molar-refractivity contribution >= 4 is 20.8 Å². The normalized spacial score (nSPS) is 23.2. The molecule has 3 N–H and O–H groups in total. The Hall–Kier alpha value is -1.37. The van der Waals surface area contributed by atoms with Gasteiger partial charge in [0.1, 0.15) is 11.3 Å². The Morgan fingerprint density at radius 3 is 2.86 bits per heavy atom. The maximum absolute atomic E-state index is 12.3. The third-order valence-electron chi connectivity index (χ3n) is 4.25. The number of nitrogens with two attached hydrogens (primary N) is 1. The summed E-state index contributed by atoms with van der Waals surface area (Å²) in [5.74, 6) is 6.47. The van der Waals surface area contributed by atoms with E-state index in [9.17, 15) is 8.42 Å². The Kier molecular flexibility index (Phi) is 3.77. The van der Waals surface area contributed by atoms with Crippen molar-refractivity contribution in [3.05, 3.63) is 35.6 Å². The van der Waals surface area contributed by atoms with E-state index in [0.717, 1.165) is 29.4 Å². The summed E-state index contributed by atoms with van der Waals surface area (Å²) in [5.41, 5.74) is 4.47. The van der Waals surface area contributed by atoms with Crippen molar-refractivity contribution in [3.8, 4) is 0 Å². The fourth-order valence-electron chi connectivity index (χ4n) is 3.11. The van der Waals surface area contributed by atoms with Crippen LogP contribution in [0, 0.1) is 6.92 Å². The molecule has 2 aromatic rings. The minimum Gasteiger partial charge on any atom is -0.459 e. The van der Waals surface area contributed by atoms with Crippen LogP contribution in [0.15, 0.2) is 28.7 Å². The van der Waals surface area contributed by atoms with Gasteiger partial charge in [0.05, 0.1) is 17.0 Å². The van der Waals surface area contributed by atoms with Crippen LogP contribution in [0.2, 0.25) is 0 Å². The van der Waals surface area contributed by atoms with E-state index >= 15 is 0 Å². The van der Waals surface area contributed by atoms with Crippen molar-refractivity contribution in [2.45, 2.75) is 37.5 Å². The Balaban J connectivity index is 2.03. The molecule has 3 rings (SSSR count). The van der Waals surface area contributed by atoms with Crippen LogP contribution < -0.4 is 11.3 Å². The molecule has 21 heavy (non-hydrogen) atoms. The maximum atomic E-state index is 12.3. The van der Waals surface area contributed by atoms with Gasteiger partial charge < -0.3 is 4.42 Å². The number of nitrogens with one attached hydrogen (secondary N) is 1. The molecule has 1 fully saturated rings. The number of fused-ring (bicyclic) bond motifs is 1.